The first-order valence-electron chi connectivity index (χ1n) is 6.41. The van der Waals surface area contributed by atoms with Crippen molar-refractivity contribution in [2.45, 2.75) is 18.9 Å². The summed E-state index contributed by atoms with van der Waals surface area (Å²) in [5.74, 6) is -1.23. The number of rotatable bonds is 4. The highest BCUT2D eigenvalue weighted by molar-refractivity contribution is 5.97. The molecule has 1 unspecified atom stereocenters. The summed E-state index contributed by atoms with van der Waals surface area (Å²) in [6.07, 6.45) is 0.839. The zero-order chi connectivity index (χ0) is 15.6. The van der Waals surface area contributed by atoms with Crippen LogP contribution >= 0.6 is 0 Å². The van der Waals surface area contributed by atoms with Crippen molar-refractivity contribution in [1.29, 1.82) is 0 Å². The van der Waals surface area contributed by atoms with E-state index in [-0.39, 0.29) is 28.9 Å². The number of nitro groups is 1. The predicted octanol–water partition coefficient (Wildman–Crippen LogP) is 1.33. The molecule has 1 aromatic rings. The second-order valence-corrected chi connectivity index (χ2v) is 4.92. The number of aromatic carboxylic acids is 1. The minimum Gasteiger partial charge on any atom is -0.478 e. The van der Waals surface area contributed by atoms with E-state index in [4.69, 9.17) is 5.11 Å². The predicted molar refractivity (Wildman–Crippen MR) is 74.3 cm³/mol. The van der Waals surface area contributed by atoms with Gasteiger partial charge in [-0.05, 0) is 12.5 Å². The Balaban J connectivity index is 2.31. The molecule has 112 valence electrons. The monoisotopic (exact) mass is 293 g/mol. The molecule has 0 aliphatic carbocycles. The van der Waals surface area contributed by atoms with Crippen molar-refractivity contribution in [3.8, 4) is 0 Å². The van der Waals surface area contributed by atoms with Gasteiger partial charge in [0.15, 0.2) is 0 Å². The van der Waals surface area contributed by atoms with Crippen molar-refractivity contribution in [3.63, 3.8) is 0 Å². The molecular formula is C13H15N3O5. The van der Waals surface area contributed by atoms with E-state index in [0.29, 0.717) is 19.4 Å². The van der Waals surface area contributed by atoms with Crippen molar-refractivity contribution in [2.24, 2.45) is 0 Å². The van der Waals surface area contributed by atoms with Gasteiger partial charge >= 0.3 is 5.97 Å². The molecule has 0 saturated carbocycles. The first-order chi connectivity index (χ1) is 9.90. The molecule has 21 heavy (non-hydrogen) atoms. The fourth-order valence-electron chi connectivity index (χ4n) is 2.36. The summed E-state index contributed by atoms with van der Waals surface area (Å²) in [4.78, 5) is 34.6. The van der Waals surface area contributed by atoms with Gasteiger partial charge in [0.2, 0.25) is 5.91 Å². The lowest BCUT2D eigenvalue weighted by molar-refractivity contribution is -0.384. The number of carboxylic acids is 1. The van der Waals surface area contributed by atoms with Gasteiger partial charge in [-0.15, -0.1) is 0 Å². The highest BCUT2D eigenvalue weighted by Crippen LogP contribution is 2.30. The van der Waals surface area contributed by atoms with E-state index in [2.05, 4.69) is 5.32 Å². The van der Waals surface area contributed by atoms with E-state index in [1.165, 1.54) is 23.1 Å². The average molecular weight is 293 g/mol. The Bertz CT molecular complexity index is 569. The molecule has 1 atom stereocenters. The lowest BCUT2D eigenvalue weighted by atomic mass is 10.0. The third-order valence-electron chi connectivity index (χ3n) is 3.44. The van der Waals surface area contributed by atoms with Crippen LogP contribution < -0.4 is 5.32 Å². The van der Waals surface area contributed by atoms with Crippen LogP contribution in [0.3, 0.4) is 0 Å². The van der Waals surface area contributed by atoms with Crippen LogP contribution in [0, 0.1) is 10.1 Å². The number of nitrogens with zero attached hydrogens (tertiary/aromatic N) is 2. The molecular weight excluding hydrogens is 278 g/mol. The first-order valence-corrected chi connectivity index (χ1v) is 6.41. The molecule has 1 saturated heterocycles. The third kappa shape index (κ3) is 3.10. The Morgan fingerprint density at radius 1 is 1.52 bits per heavy atom. The lowest BCUT2D eigenvalue weighted by Gasteiger charge is -2.31. The van der Waals surface area contributed by atoms with E-state index in [0.717, 1.165) is 0 Å². The van der Waals surface area contributed by atoms with Gasteiger partial charge in [0.05, 0.1) is 10.5 Å². The number of anilines is 1. The molecule has 1 aliphatic heterocycles. The van der Waals surface area contributed by atoms with Crippen LogP contribution in [0.25, 0.3) is 0 Å². The number of carbonyl (C=O) groups excluding carboxylic acids is 1. The van der Waals surface area contributed by atoms with Gasteiger partial charge in [-0.2, -0.15) is 0 Å². The minimum atomic E-state index is -1.23. The summed E-state index contributed by atoms with van der Waals surface area (Å²) in [5.41, 5.74) is -0.444. The third-order valence-corrected chi connectivity index (χ3v) is 3.44. The van der Waals surface area contributed by atoms with Crippen molar-refractivity contribution < 1.29 is 19.6 Å². The maximum atomic E-state index is 11.4. The zero-order valence-corrected chi connectivity index (χ0v) is 11.4. The van der Waals surface area contributed by atoms with Crippen LogP contribution in [-0.4, -0.2) is 46.4 Å². The molecule has 0 spiro atoms. The van der Waals surface area contributed by atoms with Crippen LogP contribution in [0.2, 0.25) is 0 Å². The SMILES string of the molecule is CN1CC(Nc2c(C(=O)O)cccc2[N+](=O)[O-])CCC1=O. The maximum Gasteiger partial charge on any atom is 0.338 e. The molecule has 1 aliphatic rings. The fourth-order valence-corrected chi connectivity index (χ4v) is 2.36. The smallest absolute Gasteiger partial charge is 0.338 e. The number of carboxylic acid groups (broad SMARTS) is 1. The van der Waals surface area contributed by atoms with Crippen molar-refractivity contribution in [1.82, 2.24) is 4.90 Å². The van der Waals surface area contributed by atoms with Crippen molar-refractivity contribution in [3.05, 3.63) is 33.9 Å². The number of nitro benzene ring substituents is 1. The molecule has 2 rings (SSSR count). The Morgan fingerprint density at radius 3 is 2.81 bits per heavy atom. The van der Waals surface area contributed by atoms with Gasteiger partial charge in [-0.3, -0.25) is 14.9 Å². The second-order valence-electron chi connectivity index (χ2n) is 4.92. The van der Waals surface area contributed by atoms with Crippen LogP contribution in [0.15, 0.2) is 18.2 Å². The van der Waals surface area contributed by atoms with Gasteiger partial charge in [-0.1, -0.05) is 6.07 Å². The van der Waals surface area contributed by atoms with Crippen molar-refractivity contribution >= 4 is 23.3 Å². The van der Waals surface area contributed by atoms with Gasteiger partial charge in [0.25, 0.3) is 5.69 Å². The Kier molecular flexibility index (Phi) is 4.06. The molecule has 1 amide bonds. The number of likely N-dealkylation sites (tertiary alicyclic amines) is 1. The number of carbonyl (C=O) groups is 2. The van der Waals surface area contributed by atoms with E-state index in [9.17, 15) is 19.7 Å². The molecule has 1 aromatic carbocycles. The number of para-hydroxylation sites is 1. The van der Waals surface area contributed by atoms with Gasteiger partial charge < -0.3 is 15.3 Å². The van der Waals surface area contributed by atoms with E-state index < -0.39 is 10.9 Å². The lowest BCUT2D eigenvalue weighted by Crippen LogP contribution is -2.43. The zero-order valence-electron chi connectivity index (χ0n) is 11.4. The molecule has 8 heteroatoms. The summed E-state index contributed by atoms with van der Waals surface area (Å²) in [7, 11) is 1.65. The number of piperidine rings is 1. The minimum absolute atomic E-state index is 0.00840. The summed E-state index contributed by atoms with van der Waals surface area (Å²) in [6, 6.07) is 3.69. The van der Waals surface area contributed by atoms with Gasteiger partial charge in [0.1, 0.15) is 5.69 Å². The number of amides is 1. The van der Waals surface area contributed by atoms with Crippen molar-refractivity contribution in [2.75, 3.05) is 18.9 Å². The van der Waals surface area contributed by atoms with Gasteiger partial charge in [0, 0.05) is 32.1 Å². The van der Waals surface area contributed by atoms with Crippen LogP contribution in [0.4, 0.5) is 11.4 Å². The summed E-state index contributed by atoms with van der Waals surface area (Å²) in [5, 5.41) is 23.1. The molecule has 0 radical (unpaired) electrons. The summed E-state index contributed by atoms with van der Waals surface area (Å²) < 4.78 is 0. The van der Waals surface area contributed by atoms with E-state index >= 15 is 0 Å². The average Bonchev–Trinajstić information content (AvgIpc) is 2.42. The molecule has 8 nitrogen and oxygen atoms in total. The molecule has 2 N–H and O–H groups in total. The number of hydrogen-bond acceptors (Lipinski definition) is 5. The highest BCUT2D eigenvalue weighted by Gasteiger charge is 2.27. The maximum absolute atomic E-state index is 11.4. The Hall–Kier alpha value is -2.64. The largest absolute Gasteiger partial charge is 0.478 e. The first kappa shape index (κ1) is 14.8. The fraction of sp³-hybridized carbons (Fsp3) is 0.385. The normalized spacial score (nSPS) is 18.4. The number of nitrogens with one attached hydrogen (secondary N) is 1. The second kappa shape index (κ2) is 5.78. The highest BCUT2D eigenvalue weighted by atomic mass is 16.6. The quantitative estimate of drug-likeness (QED) is 0.639. The topological polar surface area (TPSA) is 113 Å². The van der Waals surface area contributed by atoms with Crippen LogP contribution in [-0.2, 0) is 4.79 Å². The number of likely N-dealkylation sites (N-methyl/N-ethyl adjacent to an activating group) is 1. The van der Waals surface area contributed by atoms with Crippen LogP contribution in [0.5, 0.6) is 0 Å². The van der Waals surface area contributed by atoms with Crippen LogP contribution in [0.1, 0.15) is 23.2 Å². The molecule has 1 heterocycles. The molecule has 0 bridgehead atoms. The molecule has 0 aromatic heterocycles. The number of hydrogen-bond donors (Lipinski definition) is 2. The number of benzene rings is 1. The summed E-state index contributed by atoms with van der Waals surface area (Å²) in [6.45, 7) is 0.379. The standard InChI is InChI=1S/C13H15N3O5/c1-15-7-8(5-6-11(15)17)14-12-9(13(18)19)3-2-4-10(12)16(20)21/h2-4,8,14H,5-7H2,1H3,(H,18,19). The van der Waals surface area contributed by atoms with E-state index in [1.807, 2.05) is 0 Å². The summed E-state index contributed by atoms with van der Waals surface area (Å²) >= 11 is 0. The van der Waals surface area contributed by atoms with E-state index in [1.54, 1.807) is 7.05 Å². The molecule has 1 fully saturated rings. The Labute approximate surface area is 120 Å². The Morgan fingerprint density at radius 2 is 2.24 bits per heavy atom. The van der Waals surface area contributed by atoms with Gasteiger partial charge in [-0.25, -0.2) is 4.79 Å².